The molecule has 3 rings (SSSR count). The summed E-state index contributed by atoms with van der Waals surface area (Å²) in [6.07, 6.45) is 7.23. The van der Waals surface area contributed by atoms with Gasteiger partial charge in [-0.3, -0.25) is 9.67 Å². The van der Waals surface area contributed by atoms with E-state index in [1.54, 1.807) is 18.6 Å². The van der Waals surface area contributed by atoms with Gasteiger partial charge in [-0.15, -0.1) is 0 Å². The Balaban J connectivity index is 1.80. The van der Waals surface area contributed by atoms with Crippen molar-refractivity contribution in [3.8, 4) is 11.1 Å². The molecule has 21 heavy (non-hydrogen) atoms. The number of nitrogens with one attached hydrogen (secondary N) is 1. The fourth-order valence-electron chi connectivity index (χ4n) is 2.16. The van der Waals surface area contributed by atoms with Crippen LogP contribution in [0.5, 0.6) is 0 Å². The second kappa shape index (κ2) is 5.92. The van der Waals surface area contributed by atoms with Crippen molar-refractivity contribution in [1.82, 2.24) is 19.1 Å². The van der Waals surface area contributed by atoms with E-state index in [-0.39, 0.29) is 6.04 Å². The summed E-state index contributed by atoms with van der Waals surface area (Å²) in [6.45, 7) is 2.88. The quantitative estimate of drug-likeness (QED) is 0.756. The summed E-state index contributed by atoms with van der Waals surface area (Å²) < 4.78 is 6.15. The Morgan fingerprint density at radius 3 is 2.86 bits per heavy atom. The van der Waals surface area contributed by atoms with Gasteiger partial charge in [-0.1, -0.05) is 0 Å². The fraction of sp³-hybridized carbons (Fsp3) is 0.214. The predicted octanol–water partition coefficient (Wildman–Crippen LogP) is 2.48. The van der Waals surface area contributed by atoms with Crippen LogP contribution in [-0.4, -0.2) is 25.2 Å². The molecular weight excluding hydrogens is 284 g/mol. The minimum atomic E-state index is 0.213. The van der Waals surface area contributed by atoms with Crippen LogP contribution in [-0.2, 0) is 6.54 Å². The first-order valence-corrected chi connectivity index (χ1v) is 7.41. The van der Waals surface area contributed by atoms with Gasteiger partial charge >= 0.3 is 0 Å². The number of aromatic nitrogens is 4. The standard InChI is InChI=1S/C14H16N6S/c1-10(9-20-8-2-5-17-20)18-14-12(13(15)19-21-14)11-3-6-16-7-4-11/h2-8,10,18H,9H2,1H3,(H2,15,19). The van der Waals surface area contributed by atoms with E-state index in [1.165, 1.54) is 11.5 Å². The molecule has 0 bridgehead atoms. The summed E-state index contributed by atoms with van der Waals surface area (Å²) in [5, 5.41) is 8.65. The van der Waals surface area contributed by atoms with E-state index >= 15 is 0 Å². The van der Waals surface area contributed by atoms with Gasteiger partial charge in [-0.25, -0.2) is 0 Å². The van der Waals surface area contributed by atoms with E-state index in [0.29, 0.717) is 5.82 Å². The van der Waals surface area contributed by atoms with Gasteiger partial charge in [0.1, 0.15) is 10.8 Å². The molecule has 0 aliphatic carbocycles. The molecule has 0 aliphatic heterocycles. The smallest absolute Gasteiger partial charge is 0.147 e. The molecule has 0 saturated carbocycles. The van der Waals surface area contributed by atoms with Gasteiger partial charge in [0.05, 0.1) is 12.1 Å². The zero-order valence-corrected chi connectivity index (χ0v) is 12.4. The van der Waals surface area contributed by atoms with E-state index in [4.69, 9.17) is 5.73 Å². The number of nitrogen functional groups attached to an aromatic ring is 1. The minimum absolute atomic E-state index is 0.213. The van der Waals surface area contributed by atoms with Crippen molar-refractivity contribution in [2.24, 2.45) is 0 Å². The Bertz CT molecular complexity index is 692. The molecule has 3 aromatic heterocycles. The number of rotatable bonds is 5. The van der Waals surface area contributed by atoms with Gasteiger partial charge in [0.25, 0.3) is 0 Å². The molecule has 108 valence electrons. The second-order valence-corrected chi connectivity index (χ2v) is 5.55. The first-order valence-electron chi connectivity index (χ1n) is 6.63. The molecule has 3 N–H and O–H groups in total. The lowest BCUT2D eigenvalue weighted by atomic mass is 10.1. The minimum Gasteiger partial charge on any atom is -0.382 e. The van der Waals surface area contributed by atoms with Crippen molar-refractivity contribution in [1.29, 1.82) is 0 Å². The van der Waals surface area contributed by atoms with Crippen molar-refractivity contribution in [3.63, 3.8) is 0 Å². The molecule has 0 aliphatic rings. The molecule has 3 aromatic rings. The van der Waals surface area contributed by atoms with Crippen LogP contribution >= 0.6 is 11.5 Å². The normalized spacial score (nSPS) is 12.2. The zero-order valence-electron chi connectivity index (χ0n) is 11.6. The molecule has 0 spiro atoms. The highest BCUT2D eigenvalue weighted by Gasteiger charge is 2.15. The van der Waals surface area contributed by atoms with Crippen molar-refractivity contribution >= 4 is 22.4 Å². The van der Waals surface area contributed by atoms with Crippen LogP contribution in [0.1, 0.15) is 6.92 Å². The average Bonchev–Trinajstić information content (AvgIpc) is 3.10. The number of anilines is 2. The van der Waals surface area contributed by atoms with Crippen LogP contribution in [0.2, 0.25) is 0 Å². The second-order valence-electron chi connectivity index (χ2n) is 4.78. The van der Waals surface area contributed by atoms with E-state index in [9.17, 15) is 0 Å². The monoisotopic (exact) mass is 300 g/mol. The largest absolute Gasteiger partial charge is 0.382 e. The molecule has 0 radical (unpaired) electrons. The Morgan fingerprint density at radius 2 is 2.14 bits per heavy atom. The maximum atomic E-state index is 6.01. The number of nitrogens with two attached hydrogens (primary N) is 1. The molecule has 1 atom stereocenters. The lowest BCUT2D eigenvalue weighted by Gasteiger charge is -2.15. The molecular formula is C14H16N6S. The third-order valence-electron chi connectivity index (χ3n) is 3.09. The first kappa shape index (κ1) is 13.6. The summed E-state index contributed by atoms with van der Waals surface area (Å²) in [4.78, 5) is 4.04. The highest BCUT2D eigenvalue weighted by molar-refractivity contribution is 7.11. The van der Waals surface area contributed by atoms with Gasteiger partial charge in [0.2, 0.25) is 0 Å². The summed E-state index contributed by atoms with van der Waals surface area (Å²) in [6, 6.07) is 6.00. The van der Waals surface area contributed by atoms with Crippen molar-refractivity contribution in [2.45, 2.75) is 19.5 Å². The van der Waals surface area contributed by atoms with Crippen LogP contribution in [0.15, 0.2) is 43.0 Å². The van der Waals surface area contributed by atoms with E-state index in [1.807, 2.05) is 29.1 Å². The van der Waals surface area contributed by atoms with Gasteiger partial charge in [0.15, 0.2) is 0 Å². The molecule has 0 amide bonds. The van der Waals surface area contributed by atoms with Crippen molar-refractivity contribution < 1.29 is 0 Å². The molecule has 0 saturated heterocycles. The van der Waals surface area contributed by atoms with E-state index in [0.717, 1.165) is 22.7 Å². The highest BCUT2D eigenvalue weighted by Crippen LogP contribution is 2.36. The zero-order chi connectivity index (χ0) is 14.7. The maximum absolute atomic E-state index is 6.01. The van der Waals surface area contributed by atoms with Gasteiger partial charge in [0, 0.05) is 30.8 Å². The fourth-order valence-corrected chi connectivity index (χ4v) is 3.01. The van der Waals surface area contributed by atoms with E-state index < -0.39 is 0 Å². The Morgan fingerprint density at radius 1 is 1.33 bits per heavy atom. The number of hydrogen-bond acceptors (Lipinski definition) is 6. The topological polar surface area (TPSA) is 81.7 Å². The molecule has 3 heterocycles. The third kappa shape index (κ3) is 3.03. The molecule has 0 fully saturated rings. The molecule has 1 unspecified atom stereocenters. The van der Waals surface area contributed by atoms with Crippen LogP contribution in [0.25, 0.3) is 11.1 Å². The maximum Gasteiger partial charge on any atom is 0.147 e. The lowest BCUT2D eigenvalue weighted by molar-refractivity contribution is 0.562. The Labute approximate surface area is 126 Å². The summed E-state index contributed by atoms with van der Waals surface area (Å²) in [7, 11) is 0. The van der Waals surface area contributed by atoms with Gasteiger partial charge in [-0.05, 0) is 42.2 Å². The SMILES string of the molecule is CC(Cn1cccn1)Nc1snc(N)c1-c1ccncc1. The van der Waals surface area contributed by atoms with Crippen LogP contribution in [0.3, 0.4) is 0 Å². The Hall–Kier alpha value is -2.41. The van der Waals surface area contributed by atoms with Crippen molar-refractivity contribution in [2.75, 3.05) is 11.1 Å². The van der Waals surface area contributed by atoms with Gasteiger partial charge < -0.3 is 11.1 Å². The van der Waals surface area contributed by atoms with Crippen LogP contribution in [0.4, 0.5) is 10.8 Å². The highest BCUT2D eigenvalue weighted by atomic mass is 32.1. The average molecular weight is 300 g/mol. The Kier molecular flexibility index (Phi) is 3.83. The molecule has 0 aromatic carbocycles. The van der Waals surface area contributed by atoms with Crippen LogP contribution in [0, 0.1) is 0 Å². The summed E-state index contributed by atoms with van der Waals surface area (Å²) in [5.74, 6) is 0.542. The molecule has 7 heteroatoms. The lowest BCUT2D eigenvalue weighted by Crippen LogP contribution is -2.22. The summed E-state index contributed by atoms with van der Waals surface area (Å²) in [5.41, 5.74) is 7.96. The third-order valence-corrected chi connectivity index (χ3v) is 3.88. The first-order chi connectivity index (χ1) is 10.2. The van der Waals surface area contributed by atoms with Gasteiger partial charge in [-0.2, -0.15) is 9.47 Å². The predicted molar refractivity (Wildman–Crippen MR) is 85.1 cm³/mol. The van der Waals surface area contributed by atoms with Crippen molar-refractivity contribution in [3.05, 3.63) is 43.0 Å². The van der Waals surface area contributed by atoms with E-state index in [2.05, 4.69) is 26.7 Å². The number of pyridine rings is 1. The van der Waals surface area contributed by atoms with Crippen LogP contribution < -0.4 is 11.1 Å². The number of hydrogen-bond donors (Lipinski definition) is 2. The number of nitrogens with zero attached hydrogens (tertiary/aromatic N) is 4. The summed E-state index contributed by atoms with van der Waals surface area (Å²) >= 11 is 1.38. The molecule has 6 nitrogen and oxygen atoms in total.